The predicted octanol–water partition coefficient (Wildman–Crippen LogP) is 3.10. The molecule has 3 aromatic rings. The molecule has 1 N–H and O–H groups in total. The number of hydrogen-bond donors (Lipinski definition) is 1. The van der Waals surface area contributed by atoms with Gasteiger partial charge in [0.05, 0.1) is 21.5 Å². The molecule has 3 rings (SSSR count). The number of benzene rings is 1. The van der Waals surface area contributed by atoms with E-state index < -0.39 is 37.2 Å². The predicted molar refractivity (Wildman–Crippen MR) is 136 cm³/mol. The van der Waals surface area contributed by atoms with Crippen molar-refractivity contribution in [3.05, 3.63) is 48.5 Å². The van der Waals surface area contributed by atoms with E-state index in [4.69, 9.17) is 4.74 Å². The Kier molecular flexibility index (Phi) is 7.42. The number of nitrogens with one attached hydrogen (secondary N) is 1. The molecular formula is C23H29FN4O5S2. The van der Waals surface area contributed by atoms with Crippen LogP contribution < -0.4 is 4.72 Å². The van der Waals surface area contributed by atoms with Crippen LogP contribution in [0.25, 0.3) is 22.0 Å². The SMILES string of the molecule is C=S(=O)(c1ccc(-c2cn(C(=O)OC(C)(C)C)c3cc(F)ccc23)cn1)N(C)CCNS(C)(=O)=O. The van der Waals surface area contributed by atoms with Crippen molar-refractivity contribution in [2.45, 2.75) is 31.4 Å². The third-order valence-corrected chi connectivity index (χ3v) is 7.84. The highest BCUT2D eigenvalue weighted by atomic mass is 32.2. The summed E-state index contributed by atoms with van der Waals surface area (Å²) in [4.78, 5) is 17.1. The van der Waals surface area contributed by atoms with Gasteiger partial charge in [0.25, 0.3) is 0 Å². The summed E-state index contributed by atoms with van der Waals surface area (Å²) in [6.07, 6.45) is 3.46. The Morgan fingerprint density at radius 1 is 1.23 bits per heavy atom. The monoisotopic (exact) mass is 524 g/mol. The number of pyridine rings is 1. The van der Waals surface area contributed by atoms with Gasteiger partial charge in [-0.05, 0) is 64.0 Å². The maximum atomic E-state index is 14.0. The normalized spacial score (nSPS) is 14.3. The molecule has 0 aliphatic rings. The van der Waals surface area contributed by atoms with Gasteiger partial charge in [0.15, 0.2) is 0 Å². The lowest BCUT2D eigenvalue weighted by atomic mass is 10.1. The highest BCUT2D eigenvalue weighted by Gasteiger charge is 2.22. The van der Waals surface area contributed by atoms with E-state index in [1.54, 1.807) is 52.2 Å². The van der Waals surface area contributed by atoms with E-state index in [9.17, 15) is 21.8 Å². The largest absolute Gasteiger partial charge is 0.443 e. The fourth-order valence-corrected chi connectivity index (χ4v) is 4.98. The topological polar surface area (TPSA) is 111 Å². The van der Waals surface area contributed by atoms with Gasteiger partial charge >= 0.3 is 6.09 Å². The van der Waals surface area contributed by atoms with Gasteiger partial charge in [-0.3, -0.25) is 4.57 Å². The molecule has 1 atom stereocenters. The number of hydrogen-bond acceptors (Lipinski definition) is 6. The van der Waals surface area contributed by atoms with E-state index in [1.165, 1.54) is 27.2 Å². The molecule has 0 aliphatic heterocycles. The first-order valence-corrected chi connectivity index (χ1v) is 14.2. The number of likely N-dealkylation sites (N-methyl/N-ethyl adjacent to an activating group) is 1. The number of rotatable bonds is 7. The summed E-state index contributed by atoms with van der Waals surface area (Å²) in [6, 6.07) is 7.38. The number of aromatic nitrogens is 2. The van der Waals surface area contributed by atoms with Gasteiger partial charge in [0.1, 0.15) is 16.4 Å². The molecule has 0 saturated heterocycles. The molecular weight excluding hydrogens is 495 g/mol. The van der Waals surface area contributed by atoms with Crippen LogP contribution in [0.3, 0.4) is 0 Å². The molecule has 0 aliphatic carbocycles. The van der Waals surface area contributed by atoms with Gasteiger partial charge in [0, 0.05) is 42.0 Å². The van der Waals surface area contributed by atoms with Gasteiger partial charge in [-0.25, -0.2) is 35.8 Å². The number of carbonyl (C=O) groups excluding carboxylic acids is 1. The van der Waals surface area contributed by atoms with Crippen LogP contribution in [0.1, 0.15) is 20.8 Å². The molecule has 0 fully saturated rings. The molecule has 1 unspecified atom stereocenters. The second-order valence-electron chi connectivity index (χ2n) is 9.10. The fourth-order valence-electron chi connectivity index (χ4n) is 3.32. The van der Waals surface area contributed by atoms with Crippen LogP contribution in [0.4, 0.5) is 9.18 Å². The lowest BCUT2D eigenvalue weighted by molar-refractivity contribution is 0.0544. The third kappa shape index (κ3) is 6.45. The number of carbonyl (C=O) groups is 1. The average molecular weight is 525 g/mol. The number of fused-ring (bicyclic) bond motifs is 1. The molecule has 0 radical (unpaired) electrons. The Morgan fingerprint density at radius 3 is 2.49 bits per heavy atom. The van der Waals surface area contributed by atoms with Crippen LogP contribution in [0.2, 0.25) is 0 Å². The molecule has 9 nitrogen and oxygen atoms in total. The second kappa shape index (κ2) is 9.69. The minimum atomic E-state index is -3.37. The standard InChI is InChI=1S/C23H29FN4O5S2/c1-23(2,3)33-22(29)28-15-19(18-9-8-17(24)13-20(18)28)16-7-10-21(25-14-16)34(5,30)27(4)12-11-26-35(6,31)32/h7-10,13-15,26H,5,11-12H2,1-4,6H3. The van der Waals surface area contributed by atoms with Crippen molar-refractivity contribution in [1.29, 1.82) is 0 Å². The van der Waals surface area contributed by atoms with Gasteiger partial charge in [-0.2, -0.15) is 0 Å². The fraction of sp³-hybridized carbons (Fsp3) is 0.348. The molecule has 12 heteroatoms. The quantitative estimate of drug-likeness (QED) is 0.476. The Morgan fingerprint density at radius 2 is 1.91 bits per heavy atom. The van der Waals surface area contributed by atoms with E-state index >= 15 is 0 Å². The van der Waals surface area contributed by atoms with Crippen molar-refractivity contribution in [3.8, 4) is 11.1 Å². The Balaban J connectivity index is 1.93. The summed E-state index contributed by atoms with van der Waals surface area (Å²) in [5.41, 5.74) is 0.842. The number of sulfonamides is 1. The minimum absolute atomic E-state index is 0.0701. The molecule has 0 saturated carbocycles. The van der Waals surface area contributed by atoms with Crippen LogP contribution in [-0.4, -0.2) is 70.4 Å². The summed E-state index contributed by atoms with van der Waals surface area (Å²) in [5, 5.41) is 0.830. The zero-order chi connectivity index (χ0) is 26.2. The molecule has 2 heterocycles. The van der Waals surface area contributed by atoms with Crippen LogP contribution >= 0.6 is 0 Å². The van der Waals surface area contributed by atoms with Crippen LogP contribution in [0.5, 0.6) is 0 Å². The van der Waals surface area contributed by atoms with Crippen molar-refractivity contribution in [2.24, 2.45) is 0 Å². The Bertz CT molecular complexity index is 1460. The maximum absolute atomic E-state index is 14.0. The third-order valence-electron chi connectivity index (χ3n) is 5.03. The van der Waals surface area contributed by atoms with E-state index in [1.807, 2.05) is 0 Å². The van der Waals surface area contributed by atoms with Gasteiger partial charge < -0.3 is 4.74 Å². The van der Waals surface area contributed by atoms with Crippen molar-refractivity contribution in [1.82, 2.24) is 18.6 Å². The Hall–Kier alpha value is -2.80. The molecule has 190 valence electrons. The number of nitrogens with zero attached hydrogens (tertiary/aromatic N) is 3. The summed E-state index contributed by atoms with van der Waals surface area (Å²) >= 11 is 0. The molecule has 0 spiro atoms. The zero-order valence-electron chi connectivity index (χ0n) is 20.2. The van der Waals surface area contributed by atoms with E-state index in [0.29, 0.717) is 22.0 Å². The minimum Gasteiger partial charge on any atom is -0.443 e. The molecule has 1 aromatic carbocycles. The van der Waals surface area contributed by atoms with Crippen molar-refractivity contribution in [2.75, 3.05) is 26.4 Å². The summed E-state index contributed by atoms with van der Waals surface area (Å²) in [6.45, 7) is 5.45. The lowest BCUT2D eigenvalue weighted by Crippen LogP contribution is -2.35. The van der Waals surface area contributed by atoms with E-state index in [0.717, 1.165) is 6.26 Å². The summed E-state index contributed by atoms with van der Waals surface area (Å²) in [5.74, 6) is 3.29. The van der Waals surface area contributed by atoms with Crippen LogP contribution in [0.15, 0.2) is 47.8 Å². The maximum Gasteiger partial charge on any atom is 0.419 e. The summed E-state index contributed by atoms with van der Waals surface area (Å²) in [7, 11) is -4.77. The molecule has 0 bridgehead atoms. The van der Waals surface area contributed by atoms with Crippen molar-refractivity contribution < 1.29 is 26.5 Å². The smallest absolute Gasteiger partial charge is 0.419 e. The van der Waals surface area contributed by atoms with Gasteiger partial charge in [-0.15, -0.1) is 0 Å². The van der Waals surface area contributed by atoms with Gasteiger partial charge in [0.2, 0.25) is 10.0 Å². The first kappa shape index (κ1) is 26.8. The number of ether oxygens (including phenoxy) is 1. The van der Waals surface area contributed by atoms with E-state index in [-0.39, 0.29) is 18.1 Å². The van der Waals surface area contributed by atoms with E-state index in [2.05, 4.69) is 15.6 Å². The molecule has 35 heavy (non-hydrogen) atoms. The van der Waals surface area contributed by atoms with Crippen molar-refractivity contribution in [3.63, 3.8) is 0 Å². The summed E-state index contributed by atoms with van der Waals surface area (Å²) < 4.78 is 60.2. The molecule has 2 aromatic heterocycles. The highest BCUT2D eigenvalue weighted by Crippen LogP contribution is 2.32. The first-order valence-electron chi connectivity index (χ1n) is 10.6. The first-order chi connectivity index (χ1) is 16.1. The second-order valence-corrected chi connectivity index (χ2v) is 13.3. The zero-order valence-corrected chi connectivity index (χ0v) is 21.9. The van der Waals surface area contributed by atoms with Gasteiger partial charge in [-0.1, -0.05) is 0 Å². The van der Waals surface area contributed by atoms with Crippen LogP contribution in [0, 0.1) is 5.82 Å². The lowest BCUT2D eigenvalue weighted by Gasteiger charge is -2.21. The molecule has 0 amide bonds. The highest BCUT2D eigenvalue weighted by molar-refractivity contribution is 7.98. The number of halogens is 1. The Labute approximate surface area is 205 Å². The van der Waals surface area contributed by atoms with Crippen molar-refractivity contribution >= 4 is 42.6 Å². The van der Waals surface area contributed by atoms with Crippen LogP contribution in [-0.2, 0) is 24.5 Å². The average Bonchev–Trinajstić information content (AvgIpc) is 3.10.